The van der Waals surface area contributed by atoms with E-state index in [-0.39, 0.29) is 11.9 Å². The van der Waals surface area contributed by atoms with Crippen molar-refractivity contribution in [3.63, 3.8) is 0 Å². The molecule has 1 aromatic carbocycles. The Morgan fingerprint density at radius 3 is 2.82 bits per heavy atom. The molecule has 0 saturated carbocycles. The normalized spacial score (nSPS) is 12.7. The van der Waals surface area contributed by atoms with Crippen LogP contribution in [0.25, 0.3) is 0 Å². The molecule has 0 spiro atoms. The fraction of sp³-hybridized carbons (Fsp3) is 0.538. The van der Waals surface area contributed by atoms with Crippen molar-refractivity contribution >= 4 is 23.4 Å². The molecule has 0 bridgehead atoms. The van der Waals surface area contributed by atoms with Crippen molar-refractivity contribution in [2.45, 2.75) is 25.8 Å². The lowest BCUT2D eigenvalue weighted by atomic mass is 10.1. The van der Waals surface area contributed by atoms with Crippen LogP contribution in [-0.4, -0.2) is 24.6 Å². The maximum Gasteiger partial charge on any atom is 0.127 e. The number of hydrogen-bond donors (Lipinski definition) is 1. The van der Waals surface area contributed by atoms with Gasteiger partial charge in [-0.15, -0.1) is 0 Å². The molecule has 0 saturated heterocycles. The molecule has 96 valence electrons. The summed E-state index contributed by atoms with van der Waals surface area (Å²) in [7, 11) is 1.91. The summed E-state index contributed by atoms with van der Waals surface area (Å²) in [5.41, 5.74) is 0.616. The topological polar surface area (TPSA) is 12.0 Å². The van der Waals surface area contributed by atoms with E-state index in [1.165, 1.54) is 12.5 Å². The average Bonchev–Trinajstić information content (AvgIpc) is 2.32. The van der Waals surface area contributed by atoms with Gasteiger partial charge in [0, 0.05) is 22.4 Å². The number of likely N-dealkylation sites (N-methyl/N-ethyl adjacent to an activating group) is 1. The zero-order chi connectivity index (χ0) is 12.7. The average molecular weight is 276 g/mol. The molecule has 0 aromatic heterocycles. The second-order valence-electron chi connectivity index (χ2n) is 3.96. The van der Waals surface area contributed by atoms with E-state index in [0.717, 1.165) is 11.5 Å². The van der Waals surface area contributed by atoms with Crippen LogP contribution in [0.15, 0.2) is 18.2 Å². The van der Waals surface area contributed by atoms with E-state index in [4.69, 9.17) is 11.6 Å². The van der Waals surface area contributed by atoms with Gasteiger partial charge < -0.3 is 5.32 Å². The second-order valence-corrected chi connectivity index (χ2v) is 5.52. The van der Waals surface area contributed by atoms with Crippen molar-refractivity contribution in [2.75, 3.05) is 18.6 Å². The van der Waals surface area contributed by atoms with Gasteiger partial charge in [-0.3, -0.25) is 0 Å². The van der Waals surface area contributed by atoms with Crippen LogP contribution in [0.3, 0.4) is 0 Å². The van der Waals surface area contributed by atoms with Crippen LogP contribution in [0.4, 0.5) is 4.39 Å². The second kappa shape index (κ2) is 7.96. The zero-order valence-corrected chi connectivity index (χ0v) is 11.9. The Morgan fingerprint density at radius 1 is 1.47 bits per heavy atom. The molecular formula is C13H19ClFNS. The van der Waals surface area contributed by atoms with Crippen molar-refractivity contribution in [1.82, 2.24) is 5.32 Å². The number of halogens is 2. The van der Waals surface area contributed by atoms with Crippen LogP contribution < -0.4 is 5.32 Å². The van der Waals surface area contributed by atoms with Gasteiger partial charge in [0.1, 0.15) is 5.82 Å². The predicted molar refractivity (Wildman–Crippen MR) is 75.6 cm³/mol. The molecule has 17 heavy (non-hydrogen) atoms. The van der Waals surface area contributed by atoms with Crippen LogP contribution in [0.5, 0.6) is 0 Å². The molecule has 1 nitrogen and oxygen atoms in total. The molecule has 1 rings (SSSR count). The van der Waals surface area contributed by atoms with Gasteiger partial charge >= 0.3 is 0 Å². The molecule has 0 aliphatic heterocycles. The molecule has 4 heteroatoms. The van der Waals surface area contributed by atoms with Crippen LogP contribution in [0.1, 0.15) is 18.9 Å². The van der Waals surface area contributed by atoms with Gasteiger partial charge in [-0.05, 0) is 37.8 Å². The maximum atomic E-state index is 13.6. The summed E-state index contributed by atoms with van der Waals surface area (Å²) in [6, 6.07) is 5.11. The van der Waals surface area contributed by atoms with Crippen molar-refractivity contribution in [2.24, 2.45) is 0 Å². The van der Waals surface area contributed by atoms with Gasteiger partial charge in [0.05, 0.1) is 0 Å². The molecule has 0 heterocycles. The first kappa shape index (κ1) is 14.8. The third kappa shape index (κ3) is 4.86. The molecule has 0 amide bonds. The summed E-state index contributed by atoms with van der Waals surface area (Å²) >= 11 is 7.91. The smallest absolute Gasteiger partial charge is 0.127 e. The number of thioether (sulfide) groups is 1. The molecule has 0 aliphatic carbocycles. The Balaban J connectivity index is 2.60. The van der Waals surface area contributed by atoms with E-state index in [9.17, 15) is 4.39 Å². The van der Waals surface area contributed by atoms with E-state index in [2.05, 4.69) is 12.2 Å². The number of nitrogens with one attached hydrogen (secondary N) is 1. The van der Waals surface area contributed by atoms with E-state index >= 15 is 0 Å². The van der Waals surface area contributed by atoms with E-state index < -0.39 is 0 Å². The first-order valence-corrected chi connectivity index (χ1v) is 7.40. The molecule has 1 N–H and O–H groups in total. The third-order valence-corrected chi connectivity index (χ3v) is 4.28. The SMILES string of the molecule is CCCSCC(Cc1c(F)cccc1Cl)NC. The largest absolute Gasteiger partial charge is 0.316 e. The molecule has 1 atom stereocenters. The summed E-state index contributed by atoms with van der Waals surface area (Å²) in [6.45, 7) is 2.16. The standard InChI is InChI=1S/C13H19ClFNS/c1-3-7-17-9-10(16-2)8-11-12(14)5-4-6-13(11)15/h4-6,10,16H,3,7-9H2,1-2H3. The van der Waals surface area contributed by atoms with E-state index in [0.29, 0.717) is 17.0 Å². The third-order valence-electron chi connectivity index (χ3n) is 2.59. The van der Waals surface area contributed by atoms with Crippen molar-refractivity contribution in [3.8, 4) is 0 Å². The molecule has 1 aromatic rings. The quantitative estimate of drug-likeness (QED) is 0.761. The van der Waals surface area contributed by atoms with Crippen LogP contribution >= 0.6 is 23.4 Å². The van der Waals surface area contributed by atoms with Gasteiger partial charge in [-0.2, -0.15) is 11.8 Å². The lowest BCUT2D eigenvalue weighted by molar-refractivity contribution is 0.568. The van der Waals surface area contributed by atoms with Crippen molar-refractivity contribution in [3.05, 3.63) is 34.6 Å². The fourth-order valence-corrected chi connectivity index (χ4v) is 2.85. The maximum absolute atomic E-state index is 13.6. The highest BCUT2D eigenvalue weighted by molar-refractivity contribution is 7.99. The highest BCUT2D eigenvalue weighted by atomic mass is 35.5. The predicted octanol–water partition coefficient (Wildman–Crippen LogP) is 3.75. The molecular weight excluding hydrogens is 257 g/mol. The van der Waals surface area contributed by atoms with Crippen LogP contribution in [0.2, 0.25) is 5.02 Å². The summed E-state index contributed by atoms with van der Waals surface area (Å²) < 4.78 is 13.6. The first-order valence-electron chi connectivity index (χ1n) is 5.87. The summed E-state index contributed by atoms with van der Waals surface area (Å²) in [5.74, 6) is 1.91. The van der Waals surface area contributed by atoms with Gasteiger partial charge in [-0.25, -0.2) is 4.39 Å². The van der Waals surface area contributed by atoms with Crippen LogP contribution in [-0.2, 0) is 6.42 Å². The van der Waals surface area contributed by atoms with E-state index in [1.54, 1.807) is 12.1 Å². The number of benzene rings is 1. The lowest BCUT2D eigenvalue weighted by Crippen LogP contribution is -2.30. The minimum atomic E-state index is -0.210. The molecule has 0 fully saturated rings. The highest BCUT2D eigenvalue weighted by Gasteiger charge is 2.13. The first-order chi connectivity index (χ1) is 8.19. The summed E-state index contributed by atoms with van der Waals surface area (Å²) in [4.78, 5) is 0. The Hall–Kier alpha value is -0.250. The minimum absolute atomic E-state index is 0.210. The monoisotopic (exact) mass is 275 g/mol. The van der Waals surface area contributed by atoms with Gasteiger partial charge in [0.15, 0.2) is 0 Å². The zero-order valence-electron chi connectivity index (χ0n) is 10.3. The molecule has 0 radical (unpaired) electrons. The Kier molecular flexibility index (Phi) is 6.93. The summed E-state index contributed by atoms with van der Waals surface area (Å²) in [6.07, 6.45) is 1.81. The Labute approximate surface area is 112 Å². The molecule has 0 aliphatic rings. The van der Waals surface area contributed by atoms with Crippen molar-refractivity contribution in [1.29, 1.82) is 0 Å². The minimum Gasteiger partial charge on any atom is -0.316 e. The highest BCUT2D eigenvalue weighted by Crippen LogP contribution is 2.21. The Bertz CT molecular complexity index is 326. The number of rotatable bonds is 7. The van der Waals surface area contributed by atoms with Gasteiger partial charge in [0.25, 0.3) is 0 Å². The fourth-order valence-electron chi connectivity index (χ4n) is 1.59. The lowest BCUT2D eigenvalue weighted by Gasteiger charge is -2.17. The van der Waals surface area contributed by atoms with Gasteiger partial charge in [0.2, 0.25) is 0 Å². The number of hydrogen-bond acceptors (Lipinski definition) is 2. The van der Waals surface area contributed by atoms with Gasteiger partial charge in [-0.1, -0.05) is 24.6 Å². The van der Waals surface area contributed by atoms with Crippen molar-refractivity contribution < 1.29 is 4.39 Å². The molecule has 1 unspecified atom stereocenters. The Morgan fingerprint density at radius 2 is 2.24 bits per heavy atom. The van der Waals surface area contributed by atoms with Crippen LogP contribution in [0, 0.1) is 5.82 Å². The van der Waals surface area contributed by atoms with E-state index in [1.807, 2.05) is 18.8 Å². The summed E-state index contributed by atoms with van der Waals surface area (Å²) in [5, 5.41) is 3.74.